The first kappa shape index (κ1) is 22.1. The molecule has 1 aliphatic heterocycles. The third-order valence-corrected chi connectivity index (χ3v) is 6.99. The van der Waals surface area contributed by atoms with E-state index in [1.54, 1.807) is 11.0 Å². The number of tetrazole rings is 1. The number of hydrogen-bond acceptors (Lipinski definition) is 6. The van der Waals surface area contributed by atoms with Gasteiger partial charge in [-0.3, -0.25) is 9.69 Å². The molecule has 2 fully saturated rings. The van der Waals surface area contributed by atoms with Gasteiger partial charge in [0, 0.05) is 23.2 Å². The van der Waals surface area contributed by atoms with Crippen molar-refractivity contribution in [2.45, 2.75) is 69.6 Å². The molecule has 0 unspecified atom stereocenters. The van der Waals surface area contributed by atoms with Crippen molar-refractivity contribution in [3.05, 3.63) is 53.5 Å². The van der Waals surface area contributed by atoms with Gasteiger partial charge in [-0.15, -0.1) is 5.10 Å². The number of rotatable bonds is 6. The van der Waals surface area contributed by atoms with Crippen molar-refractivity contribution in [2.75, 3.05) is 6.54 Å². The maximum atomic E-state index is 13.3. The van der Waals surface area contributed by atoms with Gasteiger partial charge in [0.15, 0.2) is 0 Å². The quantitative estimate of drug-likeness (QED) is 0.544. The van der Waals surface area contributed by atoms with E-state index in [1.807, 2.05) is 36.4 Å². The predicted octanol–water partition coefficient (Wildman–Crippen LogP) is 4.24. The van der Waals surface area contributed by atoms with E-state index < -0.39 is 0 Å². The van der Waals surface area contributed by atoms with Crippen molar-refractivity contribution in [2.24, 2.45) is 0 Å². The highest BCUT2D eigenvalue weighted by Gasteiger charge is 2.39. The summed E-state index contributed by atoms with van der Waals surface area (Å²) in [5.74, 6) is 1.68. The summed E-state index contributed by atoms with van der Waals surface area (Å²) >= 11 is 6.14. The van der Waals surface area contributed by atoms with Crippen LogP contribution in [0.1, 0.15) is 56.7 Å². The Hall–Kier alpha value is -2.71. The molecule has 174 valence electrons. The minimum Gasteiger partial charge on any atom is -0.460 e. The van der Waals surface area contributed by atoms with Crippen LogP contribution in [0.3, 0.4) is 0 Å². The van der Waals surface area contributed by atoms with Crippen LogP contribution >= 0.6 is 11.6 Å². The second-order valence-corrected chi connectivity index (χ2v) is 9.53. The maximum absolute atomic E-state index is 13.3. The molecule has 1 aromatic carbocycles. The fraction of sp³-hybridized carbons (Fsp3) is 0.500. The van der Waals surface area contributed by atoms with E-state index in [9.17, 15) is 4.79 Å². The summed E-state index contributed by atoms with van der Waals surface area (Å²) < 4.78 is 7.88. The van der Waals surface area contributed by atoms with Crippen molar-refractivity contribution in [3.63, 3.8) is 0 Å². The van der Waals surface area contributed by atoms with E-state index in [1.165, 1.54) is 25.7 Å². The molecule has 0 radical (unpaired) electrons. The highest BCUT2D eigenvalue weighted by molar-refractivity contribution is 6.30. The summed E-state index contributed by atoms with van der Waals surface area (Å²) in [4.78, 5) is 15.5. The zero-order valence-corrected chi connectivity index (χ0v) is 19.3. The Morgan fingerprint density at radius 2 is 2.00 bits per heavy atom. The van der Waals surface area contributed by atoms with Crippen LogP contribution in [0, 0.1) is 0 Å². The highest BCUT2D eigenvalue weighted by Crippen LogP contribution is 2.31. The van der Waals surface area contributed by atoms with Crippen LogP contribution in [-0.4, -0.2) is 49.6 Å². The normalized spacial score (nSPS) is 22.3. The second-order valence-electron chi connectivity index (χ2n) is 9.10. The van der Waals surface area contributed by atoms with Gasteiger partial charge < -0.3 is 9.73 Å². The van der Waals surface area contributed by atoms with Crippen molar-refractivity contribution < 1.29 is 9.21 Å². The molecule has 2 aromatic heterocycles. The lowest BCUT2D eigenvalue weighted by Gasteiger charge is -2.25. The zero-order valence-electron chi connectivity index (χ0n) is 18.6. The molecule has 33 heavy (non-hydrogen) atoms. The summed E-state index contributed by atoms with van der Waals surface area (Å²) in [6, 6.07) is 11.6. The molecule has 1 saturated heterocycles. The Morgan fingerprint density at radius 1 is 1.15 bits per heavy atom. The molecule has 1 amide bonds. The monoisotopic (exact) mass is 468 g/mol. The van der Waals surface area contributed by atoms with Crippen molar-refractivity contribution in [1.82, 2.24) is 30.4 Å². The van der Waals surface area contributed by atoms with Crippen LogP contribution in [0.4, 0.5) is 0 Å². The van der Waals surface area contributed by atoms with Gasteiger partial charge in [0.05, 0.1) is 18.6 Å². The van der Waals surface area contributed by atoms with Crippen LogP contribution in [0.15, 0.2) is 47.1 Å². The Balaban J connectivity index is 1.31. The van der Waals surface area contributed by atoms with E-state index in [0.717, 1.165) is 29.9 Å². The van der Waals surface area contributed by atoms with Gasteiger partial charge in [0.25, 0.3) is 0 Å². The van der Waals surface area contributed by atoms with Crippen LogP contribution in [-0.2, 0) is 11.3 Å². The molecule has 0 bridgehead atoms. The van der Waals surface area contributed by atoms with Gasteiger partial charge in [0.2, 0.25) is 5.91 Å². The standard InChI is InChI=1S/C24H29ClN6O2/c25-18-7-5-6-17(12-18)23-11-10-21(33-23)15-30-14-20(31-16-26-28-29-31)13-22(30)24(32)27-19-8-3-1-2-4-9-19/h5-7,10-12,16,19-20,22H,1-4,8-9,13-15H2,(H,27,32)/t20-,22+/m1/s1. The molecule has 1 N–H and O–H groups in total. The topological polar surface area (TPSA) is 89.1 Å². The number of carbonyl (C=O) groups excluding carboxylic acids is 1. The Bertz CT molecular complexity index is 1060. The van der Waals surface area contributed by atoms with Crippen molar-refractivity contribution >= 4 is 17.5 Å². The first-order valence-electron chi connectivity index (χ1n) is 11.8. The molecule has 3 aromatic rings. The number of halogens is 1. The fourth-order valence-electron chi connectivity index (χ4n) is 5.04. The third kappa shape index (κ3) is 5.28. The van der Waals surface area contributed by atoms with E-state index in [-0.39, 0.29) is 24.0 Å². The lowest BCUT2D eigenvalue weighted by Crippen LogP contribution is -2.46. The highest BCUT2D eigenvalue weighted by atomic mass is 35.5. The zero-order chi connectivity index (χ0) is 22.6. The van der Waals surface area contributed by atoms with Crippen LogP contribution in [0.2, 0.25) is 5.02 Å². The number of nitrogens with zero attached hydrogens (tertiary/aromatic N) is 5. The first-order valence-corrected chi connectivity index (χ1v) is 12.1. The van der Waals surface area contributed by atoms with Gasteiger partial charge >= 0.3 is 0 Å². The van der Waals surface area contributed by atoms with Gasteiger partial charge in [-0.05, 0) is 54.0 Å². The number of nitrogens with one attached hydrogen (secondary N) is 1. The molecule has 5 rings (SSSR count). The average molecular weight is 469 g/mol. The molecule has 1 saturated carbocycles. The van der Waals surface area contributed by atoms with E-state index in [0.29, 0.717) is 24.5 Å². The molecular weight excluding hydrogens is 440 g/mol. The van der Waals surface area contributed by atoms with E-state index in [2.05, 4.69) is 25.7 Å². The second kappa shape index (κ2) is 10.1. The average Bonchev–Trinajstić information content (AvgIpc) is 3.54. The Morgan fingerprint density at radius 3 is 2.76 bits per heavy atom. The Labute approximate surface area is 198 Å². The summed E-state index contributed by atoms with van der Waals surface area (Å²) in [7, 11) is 0. The third-order valence-electron chi connectivity index (χ3n) is 6.75. The molecule has 8 nitrogen and oxygen atoms in total. The summed E-state index contributed by atoms with van der Waals surface area (Å²) in [6.07, 6.45) is 9.32. The Kier molecular flexibility index (Phi) is 6.73. The molecule has 2 atom stereocenters. The molecule has 0 spiro atoms. The number of amides is 1. The number of furan rings is 1. The molecule has 3 heterocycles. The van der Waals surface area contributed by atoms with E-state index >= 15 is 0 Å². The number of likely N-dealkylation sites (tertiary alicyclic amines) is 1. The largest absolute Gasteiger partial charge is 0.460 e. The van der Waals surface area contributed by atoms with Gasteiger partial charge in [0.1, 0.15) is 17.8 Å². The number of carbonyl (C=O) groups is 1. The summed E-state index contributed by atoms with van der Waals surface area (Å²) in [5.41, 5.74) is 0.935. The lowest BCUT2D eigenvalue weighted by molar-refractivity contribution is -0.126. The molecule has 2 aliphatic rings. The fourth-order valence-corrected chi connectivity index (χ4v) is 5.23. The van der Waals surface area contributed by atoms with E-state index in [4.69, 9.17) is 16.0 Å². The molecular formula is C24H29ClN6O2. The minimum absolute atomic E-state index is 0.0484. The number of hydrogen-bond donors (Lipinski definition) is 1. The van der Waals surface area contributed by atoms with Gasteiger partial charge in [-0.2, -0.15) is 0 Å². The maximum Gasteiger partial charge on any atom is 0.237 e. The number of aromatic nitrogens is 4. The van der Waals surface area contributed by atoms with Crippen LogP contribution in [0.25, 0.3) is 11.3 Å². The van der Waals surface area contributed by atoms with Crippen molar-refractivity contribution in [1.29, 1.82) is 0 Å². The molecule has 1 aliphatic carbocycles. The lowest BCUT2D eigenvalue weighted by atomic mass is 10.1. The van der Waals surface area contributed by atoms with Gasteiger partial charge in [-0.25, -0.2) is 4.68 Å². The molecule has 9 heteroatoms. The summed E-state index contributed by atoms with van der Waals surface area (Å²) in [5, 5.41) is 15.6. The van der Waals surface area contributed by atoms with Crippen LogP contribution < -0.4 is 5.32 Å². The van der Waals surface area contributed by atoms with Crippen LogP contribution in [0.5, 0.6) is 0 Å². The number of benzene rings is 1. The SMILES string of the molecule is O=C(NC1CCCCCC1)[C@@H]1C[C@@H](n2cnnn2)CN1Cc1ccc(-c2cccc(Cl)c2)o1. The minimum atomic E-state index is -0.248. The predicted molar refractivity (Wildman–Crippen MR) is 124 cm³/mol. The summed E-state index contributed by atoms with van der Waals surface area (Å²) in [6.45, 7) is 1.23. The van der Waals surface area contributed by atoms with Crippen molar-refractivity contribution in [3.8, 4) is 11.3 Å². The first-order chi connectivity index (χ1) is 16.2. The smallest absolute Gasteiger partial charge is 0.237 e. The van der Waals surface area contributed by atoms with Gasteiger partial charge in [-0.1, -0.05) is 49.4 Å².